The Balaban J connectivity index is 1.39. The third-order valence-corrected chi connectivity index (χ3v) is 5.67. The summed E-state index contributed by atoms with van der Waals surface area (Å²) < 4.78 is 5.45. The van der Waals surface area contributed by atoms with E-state index in [0.717, 1.165) is 51.1 Å². The molecule has 1 aromatic rings. The van der Waals surface area contributed by atoms with Gasteiger partial charge in [0.15, 0.2) is 0 Å². The fourth-order valence-corrected chi connectivity index (χ4v) is 3.69. The first-order chi connectivity index (χ1) is 12.5. The van der Waals surface area contributed by atoms with E-state index in [9.17, 15) is 9.59 Å². The highest BCUT2D eigenvalue weighted by Crippen LogP contribution is 2.22. The topological polar surface area (TPSA) is 70.7 Å². The molecule has 3 rings (SSSR count). The molecule has 2 fully saturated rings. The molecule has 2 amide bonds. The number of nitrogens with one attached hydrogen (secondary N) is 2. The van der Waals surface area contributed by atoms with Gasteiger partial charge in [-0.15, -0.1) is 0 Å². The van der Waals surface area contributed by atoms with Crippen LogP contribution in [-0.4, -0.2) is 55.6 Å². The maximum absolute atomic E-state index is 12.0. The van der Waals surface area contributed by atoms with E-state index in [4.69, 9.17) is 16.3 Å². The van der Waals surface area contributed by atoms with Gasteiger partial charge in [-0.05, 0) is 62.9 Å². The van der Waals surface area contributed by atoms with Gasteiger partial charge in [0.25, 0.3) is 0 Å². The molecule has 2 aliphatic rings. The Labute approximate surface area is 159 Å². The molecular formula is C19H26ClN3O3. The zero-order valence-corrected chi connectivity index (χ0v) is 15.8. The van der Waals surface area contributed by atoms with Gasteiger partial charge in [-0.25, -0.2) is 0 Å². The van der Waals surface area contributed by atoms with Crippen LogP contribution in [0.15, 0.2) is 18.2 Å². The summed E-state index contributed by atoms with van der Waals surface area (Å²) in [6.45, 7) is 6.18. The summed E-state index contributed by atoms with van der Waals surface area (Å²) in [5.41, 5.74) is 1.44. The van der Waals surface area contributed by atoms with Crippen LogP contribution in [0.1, 0.15) is 24.8 Å². The van der Waals surface area contributed by atoms with Crippen LogP contribution in [-0.2, 0) is 14.3 Å². The number of aryl methyl sites for hydroxylation is 1. The predicted octanol–water partition coefficient (Wildman–Crippen LogP) is 2.20. The number of benzene rings is 1. The molecule has 6 nitrogen and oxygen atoms in total. The monoisotopic (exact) mass is 379 g/mol. The number of carbonyl (C=O) groups is 2. The number of halogens is 1. The zero-order chi connectivity index (χ0) is 18.5. The molecule has 1 aromatic carbocycles. The number of ether oxygens (including phenoxy) is 1. The molecule has 7 heteroatoms. The van der Waals surface area contributed by atoms with Gasteiger partial charge in [-0.2, -0.15) is 0 Å². The van der Waals surface area contributed by atoms with Crippen LogP contribution in [0.3, 0.4) is 0 Å². The normalized spacial score (nSPS) is 21.5. The second-order valence-electron chi connectivity index (χ2n) is 7.12. The highest BCUT2D eigenvalue weighted by molar-refractivity contribution is 6.39. The molecule has 0 radical (unpaired) electrons. The summed E-state index contributed by atoms with van der Waals surface area (Å²) in [5.74, 6) is -0.849. The lowest BCUT2D eigenvalue weighted by Crippen LogP contribution is -2.45. The van der Waals surface area contributed by atoms with E-state index in [1.807, 2.05) is 6.92 Å². The lowest BCUT2D eigenvalue weighted by molar-refractivity contribution is -0.136. The number of anilines is 1. The van der Waals surface area contributed by atoms with Crippen molar-refractivity contribution in [3.63, 3.8) is 0 Å². The Morgan fingerprint density at radius 3 is 2.65 bits per heavy atom. The Bertz CT molecular complexity index is 653. The first kappa shape index (κ1) is 19.1. The molecule has 2 heterocycles. The van der Waals surface area contributed by atoms with Crippen LogP contribution < -0.4 is 10.6 Å². The highest BCUT2D eigenvalue weighted by Gasteiger charge is 2.28. The van der Waals surface area contributed by atoms with Crippen molar-refractivity contribution >= 4 is 29.1 Å². The molecule has 0 spiro atoms. The smallest absolute Gasteiger partial charge is 0.313 e. The number of amides is 2. The number of likely N-dealkylation sites (tertiary alicyclic amines) is 1. The molecule has 1 atom stereocenters. The minimum absolute atomic E-state index is 0.416. The molecule has 0 aliphatic carbocycles. The third-order valence-electron chi connectivity index (χ3n) is 5.26. The van der Waals surface area contributed by atoms with Crippen molar-refractivity contribution in [2.45, 2.75) is 32.2 Å². The molecular weight excluding hydrogens is 354 g/mol. The standard InChI is InChI=1S/C19H26ClN3O3/c1-13-2-3-15(10-17(13)20)22-19(25)18(24)21-11-14-4-7-23(8-5-14)16-6-9-26-12-16/h2-3,10,14,16H,4-9,11-12H2,1H3,(H,21,24)(H,22,25). The van der Waals surface area contributed by atoms with Crippen molar-refractivity contribution in [1.29, 1.82) is 0 Å². The van der Waals surface area contributed by atoms with E-state index in [0.29, 0.717) is 29.2 Å². The van der Waals surface area contributed by atoms with Gasteiger partial charge in [0.05, 0.1) is 6.61 Å². The molecule has 0 aromatic heterocycles. The van der Waals surface area contributed by atoms with Crippen LogP contribution in [0.2, 0.25) is 5.02 Å². The van der Waals surface area contributed by atoms with Crippen LogP contribution in [0.25, 0.3) is 0 Å². The highest BCUT2D eigenvalue weighted by atomic mass is 35.5. The number of rotatable bonds is 4. The molecule has 2 N–H and O–H groups in total. The molecule has 1 unspecified atom stereocenters. The van der Waals surface area contributed by atoms with Crippen LogP contribution in [0.4, 0.5) is 5.69 Å². The Morgan fingerprint density at radius 2 is 2.00 bits per heavy atom. The van der Waals surface area contributed by atoms with Gasteiger partial charge >= 0.3 is 11.8 Å². The van der Waals surface area contributed by atoms with Crippen molar-refractivity contribution in [2.75, 3.05) is 38.2 Å². The number of carbonyl (C=O) groups excluding carboxylic acids is 2. The molecule has 0 bridgehead atoms. The molecule has 0 saturated carbocycles. The molecule has 142 valence electrons. The van der Waals surface area contributed by atoms with E-state index in [-0.39, 0.29) is 0 Å². The minimum Gasteiger partial charge on any atom is -0.380 e. The van der Waals surface area contributed by atoms with E-state index >= 15 is 0 Å². The molecule has 26 heavy (non-hydrogen) atoms. The zero-order valence-electron chi connectivity index (χ0n) is 15.1. The average Bonchev–Trinajstić information content (AvgIpc) is 3.18. The largest absolute Gasteiger partial charge is 0.380 e. The predicted molar refractivity (Wildman–Crippen MR) is 101 cm³/mol. The van der Waals surface area contributed by atoms with Crippen LogP contribution in [0.5, 0.6) is 0 Å². The van der Waals surface area contributed by atoms with Crippen molar-refractivity contribution in [2.24, 2.45) is 5.92 Å². The van der Waals surface area contributed by atoms with Gasteiger partial charge in [0.1, 0.15) is 0 Å². The van der Waals surface area contributed by atoms with Crippen molar-refractivity contribution in [3.8, 4) is 0 Å². The first-order valence-corrected chi connectivity index (χ1v) is 9.58. The first-order valence-electron chi connectivity index (χ1n) is 9.20. The van der Waals surface area contributed by atoms with Gasteiger partial charge < -0.3 is 15.4 Å². The maximum atomic E-state index is 12.0. The van der Waals surface area contributed by atoms with Crippen molar-refractivity contribution in [1.82, 2.24) is 10.2 Å². The van der Waals surface area contributed by atoms with E-state index in [1.165, 1.54) is 0 Å². The van der Waals surface area contributed by atoms with Crippen molar-refractivity contribution in [3.05, 3.63) is 28.8 Å². The summed E-state index contributed by atoms with van der Waals surface area (Å²) >= 11 is 6.03. The average molecular weight is 380 g/mol. The summed E-state index contributed by atoms with van der Waals surface area (Å²) in [6, 6.07) is 5.73. The molecule has 2 saturated heterocycles. The van der Waals surface area contributed by atoms with Crippen molar-refractivity contribution < 1.29 is 14.3 Å². The summed E-state index contributed by atoms with van der Waals surface area (Å²) in [4.78, 5) is 26.5. The molecule has 2 aliphatic heterocycles. The second kappa shape index (κ2) is 8.84. The fraction of sp³-hybridized carbons (Fsp3) is 0.579. The summed E-state index contributed by atoms with van der Waals surface area (Å²) in [5, 5.41) is 5.90. The fourth-order valence-electron chi connectivity index (χ4n) is 3.51. The van der Waals surface area contributed by atoms with E-state index in [1.54, 1.807) is 18.2 Å². The van der Waals surface area contributed by atoms with Gasteiger partial charge in [0.2, 0.25) is 0 Å². The number of piperidine rings is 1. The van der Waals surface area contributed by atoms with Crippen LogP contribution in [0, 0.1) is 12.8 Å². The van der Waals surface area contributed by atoms with Gasteiger partial charge in [0, 0.05) is 29.9 Å². The van der Waals surface area contributed by atoms with Gasteiger partial charge in [-0.3, -0.25) is 14.5 Å². The number of hydrogen-bond donors (Lipinski definition) is 2. The van der Waals surface area contributed by atoms with E-state index < -0.39 is 11.8 Å². The minimum atomic E-state index is -0.662. The quantitative estimate of drug-likeness (QED) is 0.787. The van der Waals surface area contributed by atoms with Gasteiger partial charge in [-0.1, -0.05) is 17.7 Å². The van der Waals surface area contributed by atoms with Crippen LogP contribution >= 0.6 is 11.6 Å². The summed E-state index contributed by atoms with van der Waals surface area (Å²) in [6.07, 6.45) is 3.18. The number of hydrogen-bond acceptors (Lipinski definition) is 4. The van der Waals surface area contributed by atoms with E-state index in [2.05, 4.69) is 15.5 Å². The lowest BCUT2D eigenvalue weighted by atomic mass is 9.95. The Hall–Kier alpha value is -1.63. The Morgan fingerprint density at radius 1 is 1.23 bits per heavy atom. The third kappa shape index (κ3) is 4.96. The lowest BCUT2D eigenvalue weighted by Gasteiger charge is -2.35. The Kier molecular flexibility index (Phi) is 6.51. The SMILES string of the molecule is Cc1ccc(NC(=O)C(=O)NCC2CCN(C3CCOC3)CC2)cc1Cl. The second-order valence-corrected chi connectivity index (χ2v) is 7.53. The summed E-state index contributed by atoms with van der Waals surface area (Å²) in [7, 11) is 0. The number of nitrogens with zero attached hydrogens (tertiary/aromatic N) is 1. The maximum Gasteiger partial charge on any atom is 0.313 e.